The van der Waals surface area contributed by atoms with Crippen molar-refractivity contribution in [2.45, 2.75) is 20.4 Å². The molecule has 2 aromatic rings. The van der Waals surface area contributed by atoms with Gasteiger partial charge in [0.15, 0.2) is 0 Å². The zero-order valence-corrected chi connectivity index (χ0v) is 11.6. The average Bonchev–Trinajstić information content (AvgIpc) is 2.64. The third-order valence-corrected chi connectivity index (χ3v) is 3.44. The summed E-state index contributed by atoms with van der Waals surface area (Å²) in [6, 6.07) is 7.87. The fraction of sp³-hybridized carbons (Fsp3) is 0.286. The van der Waals surface area contributed by atoms with Gasteiger partial charge in [-0.1, -0.05) is 11.6 Å². The topological polar surface area (TPSA) is 40.2 Å². The van der Waals surface area contributed by atoms with Crippen LogP contribution in [0.25, 0.3) is 5.69 Å². The molecule has 4 heteroatoms. The van der Waals surface area contributed by atoms with E-state index in [2.05, 4.69) is 24.5 Å². The number of ether oxygens (including phenoxy) is 1. The predicted octanol–water partition coefficient (Wildman–Crippen LogP) is 3.21. The Labute approximate surface area is 112 Å². The SMILES string of the molecule is COc1ccc(-n2c(C)cc(CN)c2C)cc1Cl. The van der Waals surface area contributed by atoms with Gasteiger partial charge in [-0.3, -0.25) is 0 Å². The van der Waals surface area contributed by atoms with Crippen LogP contribution in [0.15, 0.2) is 24.3 Å². The maximum Gasteiger partial charge on any atom is 0.137 e. The summed E-state index contributed by atoms with van der Waals surface area (Å²) in [6.07, 6.45) is 0. The molecule has 1 aromatic carbocycles. The van der Waals surface area contributed by atoms with E-state index < -0.39 is 0 Å². The van der Waals surface area contributed by atoms with Crippen molar-refractivity contribution in [2.75, 3.05) is 7.11 Å². The highest BCUT2D eigenvalue weighted by molar-refractivity contribution is 6.32. The van der Waals surface area contributed by atoms with E-state index in [9.17, 15) is 0 Å². The Morgan fingerprint density at radius 2 is 2.00 bits per heavy atom. The van der Waals surface area contributed by atoms with Crippen molar-refractivity contribution >= 4 is 11.6 Å². The second-order valence-corrected chi connectivity index (χ2v) is 4.66. The molecule has 0 atom stereocenters. The zero-order chi connectivity index (χ0) is 13.3. The lowest BCUT2D eigenvalue weighted by molar-refractivity contribution is 0.415. The molecule has 0 aliphatic carbocycles. The van der Waals surface area contributed by atoms with Gasteiger partial charge in [0.05, 0.1) is 12.1 Å². The molecule has 2 N–H and O–H groups in total. The van der Waals surface area contributed by atoms with Crippen molar-refractivity contribution in [2.24, 2.45) is 5.73 Å². The van der Waals surface area contributed by atoms with Crippen LogP contribution < -0.4 is 10.5 Å². The molecule has 0 aliphatic heterocycles. The standard InChI is InChI=1S/C14H17ClN2O/c1-9-6-11(8-16)10(2)17(9)12-4-5-14(18-3)13(15)7-12/h4-7H,8,16H2,1-3H3. The summed E-state index contributed by atoms with van der Waals surface area (Å²) >= 11 is 6.16. The summed E-state index contributed by atoms with van der Waals surface area (Å²) < 4.78 is 7.31. The lowest BCUT2D eigenvalue weighted by Gasteiger charge is -2.12. The van der Waals surface area contributed by atoms with Crippen molar-refractivity contribution in [3.05, 3.63) is 46.2 Å². The molecule has 1 aromatic heterocycles. The number of halogens is 1. The minimum Gasteiger partial charge on any atom is -0.495 e. The van der Waals surface area contributed by atoms with Crippen LogP contribution in [0, 0.1) is 13.8 Å². The zero-order valence-electron chi connectivity index (χ0n) is 10.8. The summed E-state index contributed by atoms with van der Waals surface area (Å²) in [5.41, 5.74) is 10.2. The normalized spacial score (nSPS) is 10.7. The summed E-state index contributed by atoms with van der Waals surface area (Å²) in [7, 11) is 1.61. The van der Waals surface area contributed by atoms with Gasteiger partial charge < -0.3 is 15.0 Å². The first-order valence-electron chi connectivity index (χ1n) is 5.80. The average molecular weight is 265 g/mol. The van der Waals surface area contributed by atoms with Gasteiger partial charge in [0, 0.05) is 23.6 Å². The minimum absolute atomic E-state index is 0.545. The fourth-order valence-corrected chi connectivity index (χ4v) is 2.48. The number of benzene rings is 1. The van der Waals surface area contributed by atoms with E-state index in [0.717, 1.165) is 22.6 Å². The van der Waals surface area contributed by atoms with Crippen LogP contribution in [0.2, 0.25) is 5.02 Å². The molecule has 0 fully saturated rings. The monoisotopic (exact) mass is 264 g/mol. The highest BCUT2D eigenvalue weighted by atomic mass is 35.5. The van der Waals surface area contributed by atoms with Crippen LogP contribution in [0.5, 0.6) is 5.75 Å². The molecule has 96 valence electrons. The molecule has 0 unspecified atom stereocenters. The third kappa shape index (κ3) is 2.11. The fourth-order valence-electron chi connectivity index (χ4n) is 2.23. The first kappa shape index (κ1) is 13.0. The van der Waals surface area contributed by atoms with E-state index in [4.69, 9.17) is 22.1 Å². The highest BCUT2D eigenvalue weighted by Crippen LogP contribution is 2.29. The van der Waals surface area contributed by atoms with Gasteiger partial charge in [-0.25, -0.2) is 0 Å². The van der Waals surface area contributed by atoms with E-state index in [1.54, 1.807) is 7.11 Å². The van der Waals surface area contributed by atoms with Crippen molar-refractivity contribution in [1.82, 2.24) is 4.57 Å². The van der Waals surface area contributed by atoms with Gasteiger partial charge in [-0.05, 0) is 43.7 Å². The summed E-state index contributed by atoms with van der Waals surface area (Å²) in [4.78, 5) is 0. The van der Waals surface area contributed by atoms with Gasteiger partial charge in [0.1, 0.15) is 5.75 Å². The summed E-state index contributed by atoms with van der Waals surface area (Å²) in [5.74, 6) is 0.682. The van der Waals surface area contributed by atoms with Gasteiger partial charge in [-0.2, -0.15) is 0 Å². The lowest BCUT2D eigenvalue weighted by Crippen LogP contribution is -2.02. The molecule has 18 heavy (non-hydrogen) atoms. The first-order valence-corrected chi connectivity index (χ1v) is 6.18. The predicted molar refractivity (Wildman–Crippen MR) is 74.7 cm³/mol. The van der Waals surface area contributed by atoms with Crippen LogP contribution >= 0.6 is 11.6 Å². The molecular weight excluding hydrogens is 248 g/mol. The molecule has 2 rings (SSSR count). The summed E-state index contributed by atoms with van der Waals surface area (Å²) in [6.45, 7) is 4.67. The number of aromatic nitrogens is 1. The van der Waals surface area contributed by atoms with Gasteiger partial charge >= 0.3 is 0 Å². The van der Waals surface area contributed by atoms with E-state index in [0.29, 0.717) is 17.3 Å². The van der Waals surface area contributed by atoms with Crippen molar-refractivity contribution in [3.8, 4) is 11.4 Å². The van der Waals surface area contributed by atoms with Crippen LogP contribution in [-0.2, 0) is 6.54 Å². The molecule has 0 saturated heterocycles. The van der Waals surface area contributed by atoms with E-state index in [1.807, 2.05) is 18.2 Å². The highest BCUT2D eigenvalue weighted by Gasteiger charge is 2.11. The summed E-state index contributed by atoms with van der Waals surface area (Å²) in [5, 5.41) is 0.608. The lowest BCUT2D eigenvalue weighted by atomic mass is 10.2. The second kappa shape index (κ2) is 5.04. The maximum atomic E-state index is 6.16. The van der Waals surface area contributed by atoms with E-state index in [-0.39, 0.29) is 0 Å². The van der Waals surface area contributed by atoms with Crippen LogP contribution in [0.3, 0.4) is 0 Å². The molecule has 0 spiro atoms. The minimum atomic E-state index is 0.545. The first-order chi connectivity index (χ1) is 8.58. The Morgan fingerprint density at radius 1 is 1.28 bits per heavy atom. The molecule has 0 amide bonds. The van der Waals surface area contributed by atoms with E-state index >= 15 is 0 Å². The van der Waals surface area contributed by atoms with Crippen molar-refractivity contribution in [3.63, 3.8) is 0 Å². The maximum absolute atomic E-state index is 6.16. The van der Waals surface area contributed by atoms with Gasteiger partial charge in [-0.15, -0.1) is 0 Å². The smallest absolute Gasteiger partial charge is 0.137 e. The van der Waals surface area contributed by atoms with Crippen molar-refractivity contribution in [1.29, 1.82) is 0 Å². The van der Waals surface area contributed by atoms with Gasteiger partial charge in [0.25, 0.3) is 0 Å². The Bertz CT molecular complexity index is 575. The molecule has 0 saturated carbocycles. The largest absolute Gasteiger partial charge is 0.495 e. The number of methoxy groups -OCH3 is 1. The quantitative estimate of drug-likeness (QED) is 0.925. The van der Waals surface area contributed by atoms with Crippen LogP contribution in [-0.4, -0.2) is 11.7 Å². The van der Waals surface area contributed by atoms with Crippen LogP contribution in [0.4, 0.5) is 0 Å². The van der Waals surface area contributed by atoms with Crippen LogP contribution in [0.1, 0.15) is 17.0 Å². The molecule has 0 aliphatic rings. The molecule has 1 heterocycles. The number of nitrogens with two attached hydrogens (primary N) is 1. The van der Waals surface area contributed by atoms with Gasteiger partial charge in [0.2, 0.25) is 0 Å². The second-order valence-electron chi connectivity index (χ2n) is 4.25. The third-order valence-electron chi connectivity index (χ3n) is 3.15. The number of rotatable bonds is 3. The molecule has 3 nitrogen and oxygen atoms in total. The Morgan fingerprint density at radius 3 is 2.50 bits per heavy atom. The molecule has 0 radical (unpaired) electrons. The number of hydrogen-bond acceptors (Lipinski definition) is 2. The number of hydrogen-bond donors (Lipinski definition) is 1. The number of nitrogens with zero attached hydrogens (tertiary/aromatic N) is 1. The Kier molecular flexibility index (Phi) is 3.64. The van der Waals surface area contributed by atoms with Crippen molar-refractivity contribution < 1.29 is 4.74 Å². The Balaban J connectivity index is 2.55. The van der Waals surface area contributed by atoms with E-state index in [1.165, 1.54) is 0 Å². The Hall–Kier alpha value is -1.45. The number of aryl methyl sites for hydroxylation is 1. The molecule has 0 bridgehead atoms. The molecular formula is C14H17ClN2O.